The summed E-state index contributed by atoms with van der Waals surface area (Å²) in [5.74, 6) is -0.362. The second-order valence-corrected chi connectivity index (χ2v) is 6.52. The van der Waals surface area contributed by atoms with Crippen LogP contribution in [0.5, 0.6) is 0 Å². The molecule has 0 spiro atoms. The van der Waals surface area contributed by atoms with Crippen LogP contribution >= 0.6 is 11.6 Å². The van der Waals surface area contributed by atoms with Crippen LogP contribution in [0.25, 0.3) is 0 Å². The van der Waals surface area contributed by atoms with Gasteiger partial charge in [-0.15, -0.1) is 0 Å². The van der Waals surface area contributed by atoms with Crippen molar-refractivity contribution in [2.24, 2.45) is 5.73 Å². The molecule has 1 saturated carbocycles. The molecule has 0 aliphatic heterocycles. The Labute approximate surface area is 126 Å². The molecule has 112 valence electrons. The van der Waals surface area contributed by atoms with E-state index < -0.39 is 0 Å². The molecule has 2 rings (SSSR count). The number of likely N-dealkylation sites (N-methyl/N-ethyl adjacent to an activating group) is 1. The molecule has 2 nitrogen and oxygen atoms in total. The number of hydrogen-bond acceptors (Lipinski definition) is 2. The average Bonchev–Trinajstić information content (AvgIpc) is 2.43. The van der Waals surface area contributed by atoms with Gasteiger partial charge >= 0.3 is 0 Å². The van der Waals surface area contributed by atoms with Gasteiger partial charge in [0.15, 0.2) is 0 Å². The molecule has 1 aromatic rings. The quantitative estimate of drug-likeness (QED) is 0.920. The van der Waals surface area contributed by atoms with Crippen molar-refractivity contribution in [2.45, 2.75) is 50.1 Å². The van der Waals surface area contributed by atoms with E-state index >= 15 is 0 Å². The fraction of sp³-hybridized carbons (Fsp3) is 0.625. The Kier molecular flexibility index (Phi) is 5.05. The molecule has 1 aliphatic rings. The van der Waals surface area contributed by atoms with E-state index in [4.69, 9.17) is 17.3 Å². The maximum absolute atomic E-state index is 13.5. The van der Waals surface area contributed by atoms with Crippen LogP contribution in [0.2, 0.25) is 5.02 Å². The molecule has 0 heterocycles. The standard InChI is InChI=1S/C16H24ClFN2/c1-20(2)16(8-4-3-5-9-16)15(19)11-12-6-7-13(17)14(18)10-12/h6-7,10,15H,3-5,8-9,11,19H2,1-2H3. The fourth-order valence-corrected chi connectivity index (χ4v) is 3.54. The largest absolute Gasteiger partial charge is 0.326 e. The highest BCUT2D eigenvalue weighted by molar-refractivity contribution is 6.30. The topological polar surface area (TPSA) is 29.3 Å². The second kappa shape index (κ2) is 6.42. The van der Waals surface area contributed by atoms with E-state index in [9.17, 15) is 4.39 Å². The monoisotopic (exact) mass is 298 g/mol. The number of hydrogen-bond donors (Lipinski definition) is 1. The molecular weight excluding hydrogens is 275 g/mol. The van der Waals surface area contributed by atoms with E-state index in [0.717, 1.165) is 18.4 Å². The highest BCUT2D eigenvalue weighted by atomic mass is 35.5. The number of nitrogens with two attached hydrogens (primary N) is 1. The Balaban J connectivity index is 2.15. The van der Waals surface area contributed by atoms with Gasteiger partial charge < -0.3 is 10.6 Å². The zero-order valence-electron chi connectivity index (χ0n) is 12.3. The molecule has 1 atom stereocenters. The van der Waals surface area contributed by atoms with Crippen molar-refractivity contribution in [3.63, 3.8) is 0 Å². The van der Waals surface area contributed by atoms with Gasteiger partial charge in [0.25, 0.3) is 0 Å². The minimum absolute atomic E-state index is 0.0124. The van der Waals surface area contributed by atoms with E-state index in [1.165, 1.54) is 25.3 Å². The molecule has 20 heavy (non-hydrogen) atoms. The zero-order valence-corrected chi connectivity index (χ0v) is 13.1. The number of rotatable bonds is 4. The summed E-state index contributed by atoms with van der Waals surface area (Å²) in [5.41, 5.74) is 7.47. The van der Waals surface area contributed by atoms with Gasteiger partial charge in [0, 0.05) is 11.6 Å². The summed E-state index contributed by atoms with van der Waals surface area (Å²) in [6, 6.07) is 5.01. The summed E-state index contributed by atoms with van der Waals surface area (Å²) in [5, 5.41) is 0.169. The summed E-state index contributed by atoms with van der Waals surface area (Å²) < 4.78 is 13.5. The summed E-state index contributed by atoms with van der Waals surface area (Å²) in [4.78, 5) is 2.27. The van der Waals surface area contributed by atoms with E-state index in [2.05, 4.69) is 19.0 Å². The van der Waals surface area contributed by atoms with Gasteiger partial charge in [-0.2, -0.15) is 0 Å². The molecule has 0 amide bonds. The van der Waals surface area contributed by atoms with Crippen molar-refractivity contribution in [3.05, 3.63) is 34.6 Å². The Bertz CT molecular complexity index is 456. The predicted molar refractivity (Wildman–Crippen MR) is 82.6 cm³/mol. The van der Waals surface area contributed by atoms with Gasteiger partial charge in [-0.25, -0.2) is 4.39 Å². The van der Waals surface area contributed by atoms with Gasteiger partial charge in [-0.05, 0) is 51.1 Å². The first-order valence-electron chi connectivity index (χ1n) is 7.32. The first-order valence-corrected chi connectivity index (χ1v) is 7.70. The van der Waals surface area contributed by atoms with Crippen molar-refractivity contribution < 1.29 is 4.39 Å². The Hall–Kier alpha value is -0.640. The van der Waals surface area contributed by atoms with Crippen LogP contribution in [0.3, 0.4) is 0 Å². The van der Waals surface area contributed by atoms with Crippen molar-refractivity contribution >= 4 is 11.6 Å². The van der Waals surface area contributed by atoms with E-state index in [1.807, 2.05) is 6.07 Å². The molecule has 0 aromatic heterocycles. The molecule has 4 heteroatoms. The predicted octanol–water partition coefficient (Wildman–Crippen LogP) is 3.61. The minimum Gasteiger partial charge on any atom is -0.326 e. The summed E-state index contributed by atoms with van der Waals surface area (Å²) in [6.07, 6.45) is 6.67. The van der Waals surface area contributed by atoms with Crippen LogP contribution in [-0.2, 0) is 6.42 Å². The lowest BCUT2D eigenvalue weighted by molar-refractivity contribution is 0.0715. The third-order valence-corrected chi connectivity index (χ3v) is 5.05. The van der Waals surface area contributed by atoms with Crippen LogP contribution in [-0.4, -0.2) is 30.6 Å². The summed E-state index contributed by atoms with van der Waals surface area (Å²) in [7, 11) is 4.21. The van der Waals surface area contributed by atoms with Gasteiger partial charge in [0.2, 0.25) is 0 Å². The summed E-state index contributed by atoms with van der Waals surface area (Å²) >= 11 is 5.73. The highest BCUT2D eigenvalue weighted by Gasteiger charge is 2.39. The van der Waals surface area contributed by atoms with Crippen molar-refractivity contribution in [3.8, 4) is 0 Å². The zero-order chi connectivity index (χ0) is 14.8. The molecule has 0 saturated heterocycles. The van der Waals surface area contributed by atoms with Crippen molar-refractivity contribution in [1.29, 1.82) is 0 Å². The average molecular weight is 299 g/mol. The maximum atomic E-state index is 13.5. The molecule has 1 unspecified atom stereocenters. The third-order valence-electron chi connectivity index (χ3n) is 4.74. The van der Waals surface area contributed by atoms with E-state index in [0.29, 0.717) is 6.42 Å². The van der Waals surface area contributed by atoms with Gasteiger partial charge in [0.1, 0.15) is 5.82 Å². The lowest BCUT2D eigenvalue weighted by atomic mass is 9.74. The Morgan fingerprint density at radius 2 is 1.95 bits per heavy atom. The minimum atomic E-state index is -0.362. The lowest BCUT2D eigenvalue weighted by Gasteiger charge is -2.47. The van der Waals surface area contributed by atoms with Crippen LogP contribution in [0.1, 0.15) is 37.7 Å². The van der Waals surface area contributed by atoms with Crippen LogP contribution < -0.4 is 5.73 Å². The second-order valence-electron chi connectivity index (χ2n) is 6.12. The molecule has 0 radical (unpaired) electrons. The van der Waals surface area contributed by atoms with Crippen molar-refractivity contribution in [1.82, 2.24) is 4.90 Å². The van der Waals surface area contributed by atoms with Gasteiger partial charge in [0.05, 0.1) is 5.02 Å². The van der Waals surface area contributed by atoms with E-state index in [1.54, 1.807) is 6.07 Å². The Morgan fingerprint density at radius 1 is 1.30 bits per heavy atom. The van der Waals surface area contributed by atoms with E-state index in [-0.39, 0.29) is 22.4 Å². The third kappa shape index (κ3) is 3.16. The SMILES string of the molecule is CN(C)C1(C(N)Cc2ccc(Cl)c(F)c2)CCCCC1. The summed E-state index contributed by atoms with van der Waals surface area (Å²) in [6.45, 7) is 0. The van der Waals surface area contributed by atoms with Crippen LogP contribution in [0, 0.1) is 5.82 Å². The first kappa shape index (κ1) is 15.7. The number of nitrogens with zero attached hydrogens (tertiary/aromatic N) is 1. The molecule has 1 aliphatic carbocycles. The first-order chi connectivity index (χ1) is 9.45. The smallest absolute Gasteiger partial charge is 0.142 e. The number of halogens is 2. The molecule has 1 fully saturated rings. The normalized spacial score (nSPS) is 20.1. The molecule has 0 bridgehead atoms. The molecule has 2 N–H and O–H groups in total. The van der Waals surface area contributed by atoms with Gasteiger partial charge in [-0.1, -0.05) is 36.9 Å². The molecule has 1 aromatic carbocycles. The lowest BCUT2D eigenvalue weighted by Crippen LogP contribution is -2.59. The Morgan fingerprint density at radius 3 is 2.50 bits per heavy atom. The van der Waals surface area contributed by atoms with Crippen molar-refractivity contribution in [2.75, 3.05) is 14.1 Å². The van der Waals surface area contributed by atoms with Crippen LogP contribution in [0.4, 0.5) is 4.39 Å². The number of benzene rings is 1. The van der Waals surface area contributed by atoms with Gasteiger partial charge in [-0.3, -0.25) is 0 Å². The fourth-order valence-electron chi connectivity index (χ4n) is 3.42. The molecular formula is C16H24ClFN2. The highest BCUT2D eigenvalue weighted by Crippen LogP contribution is 2.35. The van der Waals surface area contributed by atoms with Crippen LogP contribution in [0.15, 0.2) is 18.2 Å². The maximum Gasteiger partial charge on any atom is 0.142 e.